The van der Waals surface area contributed by atoms with Crippen molar-refractivity contribution in [3.63, 3.8) is 0 Å². The average molecular weight is 277 g/mol. The van der Waals surface area contributed by atoms with Crippen LogP contribution in [0.2, 0.25) is 0 Å². The number of methoxy groups -OCH3 is 1. The molecule has 2 unspecified atom stereocenters. The molecular formula is C13H25ClN2O2. The Morgan fingerprint density at radius 3 is 2.50 bits per heavy atom. The van der Waals surface area contributed by atoms with Crippen LogP contribution in [0, 0.1) is 5.92 Å². The number of rotatable bonds is 5. The minimum absolute atomic E-state index is 0. The first-order valence-electron chi connectivity index (χ1n) is 6.68. The lowest BCUT2D eigenvalue weighted by Crippen LogP contribution is -2.40. The van der Waals surface area contributed by atoms with E-state index in [1.54, 1.807) is 12.0 Å². The molecule has 0 aromatic rings. The van der Waals surface area contributed by atoms with E-state index >= 15 is 0 Å². The van der Waals surface area contributed by atoms with Crippen molar-refractivity contribution < 1.29 is 9.53 Å². The molecule has 2 fully saturated rings. The first kappa shape index (κ1) is 15.7. The van der Waals surface area contributed by atoms with Crippen LogP contribution in [0.5, 0.6) is 0 Å². The fraction of sp³-hybridized carbons (Fsp3) is 0.923. The van der Waals surface area contributed by atoms with Crippen LogP contribution in [-0.2, 0) is 9.53 Å². The molecule has 0 aliphatic carbocycles. The van der Waals surface area contributed by atoms with Gasteiger partial charge in [0.2, 0.25) is 5.91 Å². The zero-order valence-electron chi connectivity index (χ0n) is 11.4. The van der Waals surface area contributed by atoms with E-state index in [4.69, 9.17) is 4.74 Å². The first-order chi connectivity index (χ1) is 8.19. The standard InChI is InChI=1S/C13H24N2O2.ClH/c1-15(5-6-17-2)13(16)9-10-7-11-3-4-12(8-10)14-11;/h10-12,14H,3-9H2,1-2H3;1H. The number of piperidine rings is 1. The van der Waals surface area contributed by atoms with Gasteiger partial charge in [0.25, 0.3) is 0 Å². The third-order valence-corrected chi connectivity index (χ3v) is 4.09. The number of nitrogens with one attached hydrogen (secondary N) is 1. The number of ether oxygens (including phenoxy) is 1. The second-order valence-electron chi connectivity index (χ2n) is 5.49. The van der Waals surface area contributed by atoms with Gasteiger partial charge in [-0.2, -0.15) is 0 Å². The van der Waals surface area contributed by atoms with Gasteiger partial charge < -0.3 is 15.0 Å². The lowest BCUT2D eigenvalue weighted by molar-refractivity contribution is -0.131. The Morgan fingerprint density at radius 1 is 1.33 bits per heavy atom. The first-order valence-corrected chi connectivity index (χ1v) is 6.68. The molecule has 106 valence electrons. The predicted molar refractivity (Wildman–Crippen MR) is 74.0 cm³/mol. The number of fused-ring (bicyclic) bond motifs is 2. The zero-order chi connectivity index (χ0) is 12.3. The molecule has 18 heavy (non-hydrogen) atoms. The summed E-state index contributed by atoms with van der Waals surface area (Å²) in [7, 11) is 3.54. The van der Waals surface area contributed by atoms with Crippen molar-refractivity contribution in [1.82, 2.24) is 10.2 Å². The molecule has 2 bridgehead atoms. The number of carbonyl (C=O) groups excluding carboxylic acids is 1. The highest BCUT2D eigenvalue weighted by atomic mass is 35.5. The molecular weight excluding hydrogens is 252 g/mol. The van der Waals surface area contributed by atoms with Crippen LogP contribution in [0.15, 0.2) is 0 Å². The minimum Gasteiger partial charge on any atom is -0.383 e. The second kappa shape index (κ2) is 7.31. The van der Waals surface area contributed by atoms with Gasteiger partial charge in [0, 0.05) is 39.2 Å². The van der Waals surface area contributed by atoms with E-state index in [0.717, 1.165) is 6.42 Å². The van der Waals surface area contributed by atoms with Crippen molar-refractivity contribution in [2.75, 3.05) is 27.3 Å². The number of likely N-dealkylation sites (N-methyl/N-ethyl adjacent to an activating group) is 1. The lowest BCUT2D eigenvalue weighted by Gasteiger charge is -2.29. The molecule has 2 rings (SSSR count). The topological polar surface area (TPSA) is 41.6 Å². The molecule has 0 radical (unpaired) electrons. The van der Waals surface area contributed by atoms with E-state index in [9.17, 15) is 4.79 Å². The number of hydrogen-bond acceptors (Lipinski definition) is 3. The van der Waals surface area contributed by atoms with Gasteiger partial charge in [-0.3, -0.25) is 4.79 Å². The van der Waals surface area contributed by atoms with Crippen LogP contribution >= 0.6 is 12.4 Å². The third kappa shape index (κ3) is 4.11. The Morgan fingerprint density at radius 2 is 1.94 bits per heavy atom. The number of carbonyl (C=O) groups is 1. The summed E-state index contributed by atoms with van der Waals surface area (Å²) in [6.45, 7) is 1.33. The highest BCUT2D eigenvalue weighted by molar-refractivity contribution is 5.85. The second-order valence-corrected chi connectivity index (χ2v) is 5.49. The predicted octanol–water partition coefficient (Wildman–Crippen LogP) is 1.43. The maximum Gasteiger partial charge on any atom is 0.222 e. The van der Waals surface area contributed by atoms with Crippen molar-refractivity contribution in [1.29, 1.82) is 0 Å². The van der Waals surface area contributed by atoms with Crippen LogP contribution in [-0.4, -0.2) is 50.2 Å². The summed E-state index contributed by atoms with van der Waals surface area (Å²) in [5.41, 5.74) is 0. The summed E-state index contributed by atoms with van der Waals surface area (Å²) in [4.78, 5) is 13.8. The van der Waals surface area contributed by atoms with Gasteiger partial charge in [0.05, 0.1) is 6.61 Å². The summed E-state index contributed by atoms with van der Waals surface area (Å²) in [6.07, 6.45) is 5.68. The third-order valence-electron chi connectivity index (χ3n) is 4.09. The van der Waals surface area contributed by atoms with Crippen molar-refractivity contribution in [2.24, 2.45) is 5.92 Å². The normalized spacial score (nSPS) is 29.8. The van der Waals surface area contributed by atoms with Gasteiger partial charge in [0.15, 0.2) is 0 Å². The molecule has 2 aliphatic rings. The molecule has 2 atom stereocenters. The molecule has 1 N–H and O–H groups in total. The van der Waals surface area contributed by atoms with Crippen molar-refractivity contribution >= 4 is 18.3 Å². The molecule has 0 spiro atoms. The Kier molecular flexibility index (Phi) is 6.39. The maximum atomic E-state index is 12.0. The summed E-state index contributed by atoms with van der Waals surface area (Å²) in [6, 6.07) is 1.35. The van der Waals surface area contributed by atoms with E-state index in [-0.39, 0.29) is 18.3 Å². The van der Waals surface area contributed by atoms with Crippen LogP contribution in [0.25, 0.3) is 0 Å². The summed E-state index contributed by atoms with van der Waals surface area (Å²) in [5.74, 6) is 0.861. The molecule has 2 saturated heterocycles. The van der Waals surface area contributed by atoms with Crippen LogP contribution in [0.3, 0.4) is 0 Å². The fourth-order valence-electron chi connectivity index (χ4n) is 3.10. The van der Waals surface area contributed by atoms with Crippen LogP contribution < -0.4 is 5.32 Å². The van der Waals surface area contributed by atoms with Gasteiger partial charge >= 0.3 is 0 Å². The maximum absolute atomic E-state index is 12.0. The monoisotopic (exact) mass is 276 g/mol. The zero-order valence-corrected chi connectivity index (χ0v) is 12.2. The molecule has 0 saturated carbocycles. The SMILES string of the molecule is COCCN(C)C(=O)CC1CC2CCC(C1)N2.Cl. The van der Waals surface area contributed by atoms with E-state index < -0.39 is 0 Å². The fourth-order valence-corrected chi connectivity index (χ4v) is 3.10. The number of nitrogens with zero attached hydrogens (tertiary/aromatic N) is 1. The van der Waals surface area contributed by atoms with Crippen molar-refractivity contribution in [3.8, 4) is 0 Å². The quantitative estimate of drug-likeness (QED) is 0.826. The average Bonchev–Trinajstić information content (AvgIpc) is 2.65. The van der Waals surface area contributed by atoms with Crippen LogP contribution in [0.1, 0.15) is 32.1 Å². The summed E-state index contributed by atoms with van der Waals surface area (Å²) < 4.78 is 4.99. The Hall–Kier alpha value is -0.320. The molecule has 2 aliphatic heterocycles. The highest BCUT2D eigenvalue weighted by Crippen LogP contribution is 2.32. The van der Waals surface area contributed by atoms with Gasteiger partial charge in [0.1, 0.15) is 0 Å². The molecule has 1 amide bonds. The number of amides is 1. The molecule has 5 heteroatoms. The van der Waals surface area contributed by atoms with Crippen molar-refractivity contribution in [2.45, 2.75) is 44.2 Å². The number of hydrogen-bond donors (Lipinski definition) is 1. The van der Waals surface area contributed by atoms with Gasteiger partial charge in [-0.05, 0) is 31.6 Å². The minimum atomic E-state index is 0. The summed E-state index contributed by atoms with van der Waals surface area (Å²) in [5, 5.41) is 3.61. The smallest absolute Gasteiger partial charge is 0.222 e. The van der Waals surface area contributed by atoms with E-state index in [0.29, 0.717) is 31.2 Å². The van der Waals surface area contributed by atoms with E-state index in [1.165, 1.54) is 25.7 Å². The molecule has 2 heterocycles. The molecule has 0 aromatic carbocycles. The largest absolute Gasteiger partial charge is 0.383 e. The Labute approximate surface area is 116 Å². The van der Waals surface area contributed by atoms with Gasteiger partial charge in [-0.25, -0.2) is 0 Å². The molecule has 0 aromatic heterocycles. The van der Waals surface area contributed by atoms with Gasteiger partial charge in [-0.1, -0.05) is 0 Å². The summed E-state index contributed by atoms with van der Waals surface area (Å²) >= 11 is 0. The van der Waals surface area contributed by atoms with Crippen LogP contribution in [0.4, 0.5) is 0 Å². The Balaban J connectivity index is 0.00000162. The van der Waals surface area contributed by atoms with E-state index in [2.05, 4.69) is 5.32 Å². The lowest BCUT2D eigenvalue weighted by atomic mass is 9.89. The highest BCUT2D eigenvalue weighted by Gasteiger charge is 2.34. The van der Waals surface area contributed by atoms with Gasteiger partial charge in [-0.15, -0.1) is 12.4 Å². The number of halogens is 1. The molecule has 4 nitrogen and oxygen atoms in total. The van der Waals surface area contributed by atoms with Crippen molar-refractivity contribution in [3.05, 3.63) is 0 Å². The Bertz CT molecular complexity index is 264. The van der Waals surface area contributed by atoms with E-state index in [1.807, 2.05) is 7.05 Å².